The monoisotopic (exact) mass is 228 g/mol. The summed E-state index contributed by atoms with van der Waals surface area (Å²) in [6.07, 6.45) is 1.76. The quantitative estimate of drug-likeness (QED) is 0.845. The molecule has 0 bridgehead atoms. The summed E-state index contributed by atoms with van der Waals surface area (Å²) < 4.78 is 0. The van der Waals surface area contributed by atoms with Crippen LogP contribution in [0.25, 0.3) is 0 Å². The molecule has 0 aliphatic heterocycles. The van der Waals surface area contributed by atoms with Crippen molar-refractivity contribution in [1.29, 1.82) is 0 Å². The van der Waals surface area contributed by atoms with Crippen molar-refractivity contribution in [3.63, 3.8) is 0 Å². The fourth-order valence-electron chi connectivity index (χ4n) is 1.71. The maximum atomic E-state index is 9.42. The van der Waals surface area contributed by atoms with Gasteiger partial charge in [-0.2, -0.15) is 0 Å². The van der Waals surface area contributed by atoms with Crippen LogP contribution in [0, 0.1) is 6.92 Å². The van der Waals surface area contributed by atoms with E-state index < -0.39 is 0 Å². The molecule has 17 heavy (non-hydrogen) atoms. The van der Waals surface area contributed by atoms with Crippen LogP contribution in [0.15, 0.2) is 48.7 Å². The SMILES string of the molecule is Cc1ccnc(NC(CO)c2ccccc2)c1. The van der Waals surface area contributed by atoms with Gasteiger partial charge in [-0.25, -0.2) is 4.98 Å². The summed E-state index contributed by atoms with van der Waals surface area (Å²) in [6.45, 7) is 2.06. The minimum atomic E-state index is -0.120. The zero-order chi connectivity index (χ0) is 12.1. The first-order chi connectivity index (χ1) is 8.29. The van der Waals surface area contributed by atoms with Crippen molar-refractivity contribution in [2.45, 2.75) is 13.0 Å². The molecule has 88 valence electrons. The second kappa shape index (κ2) is 5.46. The van der Waals surface area contributed by atoms with Crippen LogP contribution in [0.5, 0.6) is 0 Å². The van der Waals surface area contributed by atoms with E-state index in [2.05, 4.69) is 10.3 Å². The first-order valence-corrected chi connectivity index (χ1v) is 5.64. The van der Waals surface area contributed by atoms with E-state index in [1.54, 1.807) is 6.20 Å². The Morgan fingerprint density at radius 2 is 2.00 bits per heavy atom. The maximum absolute atomic E-state index is 9.42. The van der Waals surface area contributed by atoms with Crippen LogP contribution in [0.1, 0.15) is 17.2 Å². The zero-order valence-electron chi connectivity index (χ0n) is 9.80. The third-order valence-corrected chi connectivity index (χ3v) is 2.62. The van der Waals surface area contributed by atoms with Gasteiger partial charge in [-0.3, -0.25) is 0 Å². The van der Waals surface area contributed by atoms with Crippen LogP contribution >= 0.6 is 0 Å². The van der Waals surface area contributed by atoms with Crippen LogP contribution in [0.4, 0.5) is 5.82 Å². The predicted octanol–water partition coefficient (Wildman–Crippen LogP) is 2.54. The van der Waals surface area contributed by atoms with Gasteiger partial charge in [0.25, 0.3) is 0 Å². The van der Waals surface area contributed by atoms with Crippen molar-refractivity contribution in [2.24, 2.45) is 0 Å². The van der Waals surface area contributed by atoms with Gasteiger partial charge in [0.15, 0.2) is 0 Å². The van der Waals surface area contributed by atoms with Gasteiger partial charge in [-0.1, -0.05) is 30.3 Å². The highest BCUT2D eigenvalue weighted by Gasteiger charge is 2.09. The zero-order valence-corrected chi connectivity index (χ0v) is 9.80. The molecule has 0 spiro atoms. The summed E-state index contributed by atoms with van der Waals surface area (Å²) in [6, 6.07) is 13.7. The molecule has 0 aliphatic carbocycles. The molecule has 2 N–H and O–H groups in total. The predicted molar refractivity (Wildman–Crippen MR) is 68.9 cm³/mol. The molecule has 1 aromatic carbocycles. The van der Waals surface area contributed by atoms with Gasteiger partial charge in [0.05, 0.1) is 12.6 Å². The average molecular weight is 228 g/mol. The van der Waals surface area contributed by atoms with Crippen molar-refractivity contribution in [1.82, 2.24) is 4.98 Å². The number of rotatable bonds is 4. The standard InChI is InChI=1S/C14H16N2O/c1-11-7-8-15-14(9-11)16-13(10-17)12-5-3-2-4-6-12/h2-9,13,17H,10H2,1H3,(H,15,16). The molecule has 2 rings (SSSR count). The Balaban J connectivity index is 2.16. The summed E-state index contributed by atoms with van der Waals surface area (Å²) >= 11 is 0. The summed E-state index contributed by atoms with van der Waals surface area (Å²) in [7, 11) is 0. The Bertz CT molecular complexity index is 471. The number of aliphatic hydroxyl groups excluding tert-OH is 1. The van der Waals surface area contributed by atoms with Crippen LogP contribution in [0.3, 0.4) is 0 Å². The third kappa shape index (κ3) is 3.04. The number of hydrogen-bond donors (Lipinski definition) is 2. The largest absolute Gasteiger partial charge is 0.394 e. The fraction of sp³-hybridized carbons (Fsp3) is 0.214. The van der Waals surface area contributed by atoms with Crippen molar-refractivity contribution in [3.05, 3.63) is 59.8 Å². The van der Waals surface area contributed by atoms with Crippen LogP contribution < -0.4 is 5.32 Å². The lowest BCUT2D eigenvalue weighted by atomic mass is 10.1. The molecule has 2 aromatic rings. The molecular weight excluding hydrogens is 212 g/mol. The third-order valence-electron chi connectivity index (χ3n) is 2.62. The van der Waals surface area contributed by atoms with Gasteiger partial charge in [-0.05, 0) is 30.2 Å². The van der Waals surface area contributed by atoms with E-state index in [1.165, 1.54) is 0 Å². The molecule has 0 amide bonds. The molecular formula is C14H16N2O. The minimum Gasteiger partial charge on any atom is -0.394 e. The highest BCUT2D eigenvalue weighted by molar-refractivity contribution is 5.40. The Morgan fingerprint density at radius 1 is 1.24 bits per heavy atom. The Labute approximate surface area is 101 Å². The Kier molecular flexibility index (Phi) is 3.73. The van der Waals surface area contributed by atoms with Gasteiger partial charge in [0.2, 0.25) is 0 Å². The van der Waals surface area contributed by atoms with Crippen molar-refractivity contribution < 1.29 is 5.11 Å². The normalized spacial score (nSPS) is 12.1. The molecule has 0 radical (unpaired) electrons. The van der Waals surface area contributed by atoms with E-state index in [0.29, 0.717) is 0 Å². The number of aryl methyl sites for hydroxylation is 1. The number of aromatic nitrogens is 1. The molecule has 0 fully saturated rings. The second-order valence-electron chi connectivity index (χ2n) is 4.01. The molecule has 0 saturated heterocycles. The van der Waals surface area contributed by atoms with E-state index in [0.717, 1.165) is 16.9 Å². The van der Waals surface area contributed by atoms with Gasteiger partial charge >= 0.3 is 0 Å². The topological polar surface area (TPSA) is 45.2 Å². The lowest BCUT2D eigenvalue weighted by Gasteiger charge is -2.17. The summed E-state index contributed by atoms with van der Waals surface area (Å²) in [5.74, 6) is 0.785. The van der Waals surface area contributed by atoms with E-state index >= 15 is 0 Å². The fourth-order valence-corrected chi connectivity index (χ4v) is 1.71. The van der Waals surface area contributed by atoms with E-state index in [-0.39, 0.29) is 12.6 Å². The van der Waals surface area contributed by atoms with Crippen LogP contribution in [-0.4, -0.2) is 16.7 Å². The first kappa shape index (κ1) is 11.6. The van der Waals surface area contributed by atoms with Gasteiger partial charge in [0.1, 0.15) is 5.82 Å². The number of nitrogens with zero attached hydrogens (tertiary/aromatic N) is 1. The smallest absolute Gasteiger partial charge is 0.126 e. The average Bonchev–Trinajstić information content (AvgIpc) is 2.37. The number of hydrogen-bond acceptors (Lipinski definition) is 3. The molecule has 3 heteroatoms. The van der Waals surface area contributed by atoms with Crippen LogP contribution in [0.2, 0.25) is 0 Å². The summed E-state index contributed by atoms with van der Waals surface area (Å²) in [5.41, 5.74) is 2.20. The number of anilines is 1. The maximum Gasteiger partial charge on any atom is 0.126 e. The lowest BCUT2D eigenvalue weighted by Crippen LogP contribution is -2.15. The molecule has 1 heterocycles. The summed E-state index contributed by atoms with van der Waals surface area (Å²) in [4.78, 5) is 4.23. The lowest BCUT2D eigenvalue weighted by molar-refractivity contribution is 0.276. The highest BCUT2D eigenvalue weighted by Crippen LogP contribution is 2.17. The van der Waals surface area contributed by atoms with E-state index in [4.69, 9.17) is 0 Å². The van der Waals surface area contributed by atoms with Crippen molar-refractivity contribution in [2.75, 3.05) is 11.9 Å². The van der Waals surface area contributed by atoms with E-state index in [9.17, 15) is 5.11 Å². The second-order valence-corrected chi connectivity index (χ2v) is 4.01. The van der Waals surface area contributed by atoms with Crippen molar-refractivity contribution in [3.8, 4) is 0 Å². The Morgan fingerprint density at radius 3 is 2.65 bits per heavy atom. The number of nitrogens with one attached hydrogen (secondary N) is 1. The van der Waals surface area contributed by atoms with Gasteiger partial charge in [0, 0.05) is 6.20 Å². The molecule has 0 aliphatic rings. The highest BCUT2D eigenvalue weighted by atomic mass is 16.3. The van der Waals surface area contributed by atoms with Crippen molar-refractivity contribution >= 4 is 5.82 Å². The molecule has 1 atom stereocenters. The molecule has 0 saturated carbocycles. The first-order valence-electron chi connectivity index (χ1n) is 5.64. The number of pyridine rings is 1. The van der Waals surface area contributed by atoms with E-state index in [1.807, 2.05) is 49.4 Å². The molecule has 3 nitrogen and oxygen atoms in total. The van der Waals surface area contributed by atoms with Gasteiger partial charge < -0.3 is 10.4 Å². The minimum absolute atomic E-state index is 0.0413. The Hall–Kier alpha value is -1.87. The molecule has 1 aromatic heterocycles. The molecule has 1 unspecified atom stereocenters. The van der Waals surface area contributed by atoms with Gasteiger partial charge in [-0.15, -0.1) is 0 Å². The number of benzene rings is 1. The summed E-state index contributed by atoms with van der Waals surface area (Å²) in [5, 5.41) is 12.6. The van der Waals surface area contributed by atoms with Crippen LogP contribution in [-0.2, 0) is 0 Å². The number of aliphatic hydroxyl groups is 1.